The largest absolute Gasteiger partial charge is 0.493 e. The summed E-state index contributed by atoms with van der Waals surface area (Å²) in [5.74, 6) is 2.17. The third-order valence-electron chi connectivity index (χ3n) is 6.98. The van der Waals surface area contributed by atoms with Crippen LogP contribution in [0.1, 0.15) is 64.9 Å². The van der Waals surface area contributed by atoms with Crippen molar-refractivity contribution in [1.29, 1.82) is 0 Å². The Labute approximate surface area is 167 Å². The molecule has 0 saturated heterocycles. The Balaban J connectivity index is 1.47. The molecule has 0 aliphatic heterocycles. The van der Waals surface area contributed by atoms with E-state index in [2.05, 4.69) is 24.4 Å². The van der Waals surface area contributed by atoms with Gasteiger partial charge in [-0.15, -0.1) is 0 Å². The number of hydrogen-bond donors (Lipinski definition) is 1. The fourth-order valence-electron chi connectivity index (χ4n) is 7.03. The average molecular weight is 385 g/mol. The molecule has 0 heterocycles. The zero-order valence-electron chi connectivity index (χ0n) is 17.5. The second kappa shape index (κ2) is 6.78. The van der Waals surface area contributed by atoms with Gasteiger partial charge >= 0.3 is 0 Å². The molecule has 2 unspecified atom stereocenters. The smallest absolute Gasteiger partial charge is 0.246 e. The van der Waals surface area contributed by atoms with Crippen LogP contribution in [0.5, 0.6) is 11.5 Å². The molecular formula is C23H32N2O3. The minimum atomic E-state index is -0.239. The predicted octanol–water partition coefficient (Wildman–Crippen LogP) is 4.54. The molecular weight excluding hydrogens is 352 g/mol. The van der Waals surface area contributed by atoms with Crippen molar-refractivity contribution in [3.05, 3.63) is 23.8 Å². The summed E-state index contributed by atoms with van der Waals surface area (Å²) in [5.41, 5.74) is 4.13. The first kappa shape index (κ1) is 19.3. The highest BCUT2D eigenvalue weighted by molar-refractivity contribution is 5.86. The first-order valence-electron chi connectivity index (χ1n) is 10.4. The molecule has 0 radical (unpaired) electrons. The van der Waals surface area contributed by atoms with Crippen LogP contribution in [0.3, 0.4) is 0 Å². The minimum absolute atomic E-state index is 0.101. The summed E-state index contributed by atoms with van der Waals surface area (Å²) in [7, 11) is 1.62. The average Bonchev–Trinajstić information content (AvgIpc) is 2.59. The maximum atomic E-state index is 13.2. The molecule has 4 saturated carbocycles. The van der Waals surface area contributed by atoms with Crippen molar-refractivity contribution in [3.63, 3.8) is 0 Å². The van der Waals surface area contributed by atoms with Crippen LogP contribution < -0.4 is 14.9 Å². The summed E-state index contributed by atoms with van der Waals surface area (Å²) in [6.45, 7) is 7.27. The number of carbonyl (C=O) groups excluding carboxylic acids is 1. The highest BCUT2D eigenvalue weighted by atomic mass is 16.5. The Bertz CT molecular complexity index is 785. The van der Waals surface area contributed by atoms with Crippen LogP contribution in [0.2, 0.25) is 0 Å². The Hall–Kier alpha value is -2.04. The van der Waals surface area contributed by atoms with Gasteiger partial charge in [0.2, 0.25) is 5.91 Å². The van der Waals surface area contributed by atoms with Gasteiger partial charge in [0, 0.05) is 0 Å². The van der Waals surface area contributed by atoms with E-state index in [1.807, 2.05) is 25.1 Å². The van der Waals surface area contributed by atoms with E-state index in [0.717, 1.165) is 24.8 Å². The van der Waals surface area contributed by atoms with Crippen molar-refractivity contribution in [1.82, 2.24) is 5.43 Å². The Morgan fingerprint density at radius 3 is 2.50 bits per heavy atom. The summed E-state index contributed by atoms with van der Waals surface area (Å²) in [6, 6.07) is 5.64. The number of nitrogens with zero attached hydrogens (tertiary/aromatic N) is 1. The number of benzene rings is 1. The molecule has 4 bridgehead atoms. The van der Waals surface area contributed by atoms with E-state index in [4.69, 9.17) is 9.47 Å². The van der Waals surface area contributed by atoms with Gasteiger partial charge in [-0.3, -0.25) is 4.79 Å². The van der Waals surface area contributed by atoms with Crippen molar-refractivity contribution < 1.29 is 14.3 Å². The molecule has 4 aliphatic carbocycles. The molecule has 0 spiro atoms. The van der Waals surface area contributed by atoms with Crippen LogP contribution in [-0.2, 0) is 4.79 Å². The highest BCUT2D eigenvalue weighted by Gasteiger charge is 2.62. The van der Waals surface area contributed by atoms with Gasteiger partial charge in [0.25, 0.3) is 0 Å². The predicted molar refractivity (Wildman–Crippen MR) is 110 cm³/mol. The van der Waals surface area contributed by atoms with E-state index in [9.17, 15) is 4.79 Å². The van der Waals surface area contributed by atoms with Crippen LogP contribution in [-0.4, -0.2) is 25.8 Å². The van der Waals surface area contributed by atoms with Crippen LogP contribution in [0, 0.1) is 22.2 Å². The quantitative estimate of drug-likeness (QED) is 0.579. The van der Waals surface area contributed by atoms with Crippen molar-refractivity contribution in [2.45, 2.75) is 59.3 Å². The SMILES string of the molecule is CCOc1cc(/C=N/NC(=O)C23CC4CC(C)(CC(C)(C4)C2)C3)ccc1OC. The van der Waals surface area contributed by atoms with Gasteiger partial charge in [0.05, 0.1) is 25.3 Å². The van der Waals surface area contributed by atoms with E-state index < -0.39 is 0 Å². The van der Waals surface area contributed by atoms with Crippen molar-refractivity contribution >= 4 is 12.1 Å². The number of ether oxygens (including phenoxy) is 2. The topological polar surface area (TPSA) is 59.9 Å². The summed E-state index contributed by atoms with van der Waals surface area (Å²) in [6.07, 6.45) is 8.55. The molecule has 2 atom stereocenters. The fourth-order valence-corrected chi connectivity index (χ4v) is 7.03. The molecule has 1 amide bonds. The molecule has 1 aromatic carbocycles. The number of carbonyl (C=O) groups is 1. The van der Waals surface area contributed by atoms with Gasteiger partial charge in [-0.25, -0.2) is 5.43 Å². The molecule has 5 rings (SSSR count). The normalized spacial score (nSPS) is 35.9. The third kappa shape index (κ3) is 3.40. The van der Waals surface area contributed by atoms with Crippen LogP contribution in [0.15, 0.2) is 23.3 Å². The van der Waals surface area contributed by atoms with E-state index in [1.54, 1.807) is 13.3 Å². The van der Waals surface area contributed by atoms with Gasteiger partial charge < -0.3 is 9.47 Å². The maximum Gasteiger partial charge on any atom is 0.246 e. The minimum Gasteiger partial charge on any atom is -0.493 e. The molecule has 28 heavy (non-hydrogen) atoms. The van der Waals surface area contributed by atoms with E-state index in [1.165, 1.54) is 19.3 Å². The molecule has 4 fully saturated rings. The summed E-state index contributed by atoms with van der Waals surface area (Å²) in [4.78, 5) is 13.2. The molecule has 1 aromatic rings. The standard InChI is InChI=1S/C23H32N2O3/c1-5-28-19-8-16(6-7-18(19)27-4)12-24-25-20(26)23-11-17-9-21(2,14-23)13-22(3,10-17)15-23/h6-8,12,17H,5,9-11,13-15H2,1-4H3,(H,25,26)/b24-12+. The number of hydrazone groups is 1. The first-order chi connectivity index (χ1) is 13.3. The second-order valence-electron chi connectivity index (χ2n) is 9.95. The van der Waals surface area contributed by atoms with Crippen LogP contribution in [0.4, 0.5) is 0 Å². The second-order valence-corrected chi connectivity index (χ2v) is 9.95. The lowest BCUT2D eigenvalue weighted by Gasteiger charge is -2.64. The summed E-state index contributed by atoms with van der Waals surface area (Å²) >= 11 is 0. The van der Waals surface area contributed by atoms with E-state index in [-0.39, 0.29) is 11.3 Å². The van der Waals surface area contributed by atoms with Crippen molar-refractivity contribution in [3.8, 4) is 11.5 Å². The number of amides is 1. The Morgan fingerprint density at radius 2 is 1.89 bits per heavy atom. The lowest BCUT2D eigenvalue weighted by Crippen LogP contribution is -2.59. The van der Waals surface area contributed by atoms with Crippen molar-refractivity contribution in [2.75, 3.05) is 13.7 Å². The van der Waals surface area contributed by atoms with E-state index in [0.29, 0.717) is 34.9 Å². The first-order valence-corrected chi connectivity index (χ1v) is 10.4. The number of rotatable bonds is 6. The molecule has 0 aromatic heterocycles. The van der Waals surface area contributed by atoms with Gasteiger partial charge in [0.15, 0.2) is 11.5 Å². The molecule has 4 aliphatic rings. The highest BCUT2D eigenvalue weighted by Crippen LogP contribution is 2.69. The number of hydrogen-bond acceptors (Lipinski definition) is 4. The maximum absolute atomic E-state index is 13.2. The molecule has 152 valence electrons. The summed E-state index contributed by atoms with van der Waals surface area (Å²) < 4.78 is 10.9. The number of methoxy groups -OCH3 is 1. The third-order valence-corrected chi connectivity index (χ3v) is 6.98. The molecule has 5 nitrogen and oxygen atoms in total. The Morgan fingerprint density at radius 1 is 1.18 bits per heavy atom. The summed E-state index contributed by atoms with van der Waals surface area (Å²) in [5, 5.41) is 4.28. The van der Waals surface area contributed by atoms with Crippen molar-refractivity contribution in [2.24, 2.45) is 27.3 Å². The lowest BCUT2D eigenvalue weighted by atomic mass is 9.40. The van der Waals surface area contributed by atoms with Gasteiger partial charge in [-0.1, -0.05) is 13.8 Å². The van der Waals surface area contributed by atoms with E-state index >= 15 is 0 Å². The van der Waals surface area contributed by atoms with Gasteiger partial charge in [-0.05, 0) is 86.0 Å². The van der Waals surface area contributed by atoms with Gasteiger partial charge in [-0.2, -0.15) is 5.10 Å². The molecule has 5 heteroatoms. The molecule has 1 N–H and O–H groups in total. The zero-order chi connectivity index (χ0) is 20.0. The van der Waals surface area contributed by atoms with Gasteiger partial charge in [0.1, 0.15) is 0 Å². The van der Waals surface area contributed by atoms with Crippen LogP contribution >= 0.6 is 0 Å². The monoisotopic (exact) mass is 384 g/mol. The Kier molecular flexibility index (Phi) is 4.67. The number of nitrogens with one attached hydrogen (secondary N) is 1. The lowest BCUT2D eigenvalue weighted by molar-refractivity contribution is -0.170. The fraction of sp³-hybridized carbons (Fsp3) is 0.652. The zero-order valence-corrected chi connectivity index (χ0v) is 17.5. The van der Waals surface area contributed by atoms with Crippen LogP contribution in [0.25, 0.3) is 0 Å².